The van der Waals surface area contributed by atoms with Gasteiger partial charge < -0.3 is 9.47 Å². The smallest absolute Gasteiger partial charge is 0.295 e. The summed E-state index contributed by atoms with van der Waals surface area (Å²) in [6.45, 7) is 0. The van der Waals surface area contributed by atoms with E-state index in [4.69, 9.17) is 9.47 Å². The van der Waals surface area contributed by atoms with Crippen molar-refractivity contribution < 1.29 is 22.8 Å². The van der Waals surface area contributed by atoms with Crippen molar-refractivity contribution in [1.29, 1.82) is 0 Å². The number of methoxy groups -OCH3 is 2. The predicted octanol–water partition coefficient (Wildman–Crippen LogP) is 3.86. The Labute approximate surface area is 184 Å². The van der Waals surface area contributed by atoms with Crippen LogP contribution in [0.15, 0.2) is 76.7 Å². The van der Waals surface area contributed by atoms with Crippen molar-refractivity contribution in [2.75, 3.05) is 24.4 Å². The minimum Gasteiger partial charge on any atom is -0.497 e. The first-order chi connectivity index (χ1) is 15.3. The van der Waals surface area contributed by atoms with Gasteiger partial charge in [-0.3, -0.25) is 20.3 Å². The molecule has 0 fully saturated rings. The molecule has 0 saturated heterocycles. The normalized spacial score (nSPS) is 11.2. The van der Waals surface area contributed by atoms with E-state index in [9.17, 15) is 18.5 Å². The van der Waals surface area contributed by atoms with Crippen molar-refractivity contribution in [2.24, 2.45) is 5.10 Å². The third-order valence-electron chi connectivity index (χ3n) is 4.32. The van der Waals surface area contributed by atoms with Crippen LogP contribution in [-0.2, 0) is 10.0 Å². The van der Waals surface area contributed by atoms with Crippen molar-refractivity contribution >= 4 is 33.3 Å². The molecule has 0 amide bonds. The maximum absolute atomic E-state index is 12.8. The van der Waals surface area contributed by atoms with Crippen molar-refractivity contribution in [1.82, 2.24) is 0 Å². The van der Waals surface area contributed by atoms with Gasteiger partial charge in [0.2, 0.25) is 0 Å². The van der Waals surface area contributed by atoms with Gasteiger partial charge in [-0.2, -0.15) is 5.10 Å². The molecule has 0 aliphatic heterocycles. The lowest BCUT2D eigenvalue weighted by atomic mass is 10.2. The molecule has 11 heteroatoms. The van der Waals surface area contributed by atoms with Gasteiger partial charge in [0, 0.05) is 6.07 Å². The van der Waals surface area contributed by atoms with E-state index in [2.05, 4.69) is 15.2 Å². The molecule has 0 aliphatic carbocycles. The Kier molecular flexibility index (Phi) is 6.90. The van der Waals surface area contributed by atoms with Crippen molar-refractivity contribution in [3.63, 3.8) is 0 Å². The number of anilines is 2. The second kappa shape index (κ2) is 9.79. The van der Waals surface area contributed by atoms with Crippen LogP contribution in [0.1, 0.15) is 5.56 Å². The highest BCUT2D eigenvalue weighted by Crippen LogP contribution is 2.30. The van der Waals surface area contributed by atoms with Gasteiger partial charge in [0.15, 0.2) is 0 Å². The zero-order chi connectivity index (χ0) is 23.1. The quantitative estimate of drug-likeness (QED) is 0.284. The molecule has 0 bridgehead atoms. The highest BCUT2D eigenvalue weighted by Gasteiger charge is 2.22. The van der Waals surface area contributed by atoms with Gasteiger partial charge in [0.1, 0.15) is 17.2 Å². The molecule has 0 atom stereocenters. The minimum atomic E-state index is -4.10. The average molecular weight is 456 g/mol. The molecule has 2 N–H and O–H groups in total. The summed E-state index contributed by atoms with van der Waals surface area (Å²) in [5.74, 6) is 0.952. The lowest BCUT2D eigenvalue weighted by molar-refractivity contribution is -0.384. The number of sulfonamides is 1. The Balaban J connectivity index is 1.85. The van der Waals surface area contributed by atoms with Gasteiger partial charge in [-0.05, 0) is 42.0 Å². The number of hydrazone groups is 1. The Hall–Kier alpha value is -4.12. The molecule has 0 spiro atoms. The molecule has 32 heavy (non-hydrogen) atoms. The molecule has 0 saturated carbocycles. The third-order valence-corrected chi connectivity index (χ3v) is 5.68. The third kappa shape index (κ3) is 5.32. The van der Waals surface area contributed by atoms with Crippen LogP contribution in [0.25, 0.3) is 0 Å². The molecular formula is C21H20N4O6S. The number of hydrogen-bond acceptors (Lipinski definition) is 8. The maximum Gasteiger partial charge on any atom is 0.295 e. The first kappa shape index (κ1) is 22.6. The second-order valence-corrected chi connectivity index (χ2v) is 8.07. The van der Waals surface area contributed by atoms with E-state index >= 15 is 0 Å². The zero-order valence-electron chi connectivity index (χ0n) is 17.2. The number of ether oxygens (including phenoxy) is 2. The van der Waals surface area contributed by atoms with Gasteiger partial charge in [-0.1, -0.05) is 24.3 Å². The van der Waals surface area contributed by atoms with Crippen LogP contribution in [-0.4, -0.2) is 33.8 Å². The molecule has 0 heterocycles. The lowest BCUT2D eigenvalue weighted by Crippen LogP contribution is -2.14. The van der Waals surface area contributed by atoms with E-state index in [-0.39, 0.29) is 16.3 Å². The van der Waals surface area contributed by atoms with E-state index in [1.165, 1.54) is 38.6 Å². The summed E-state index contributed by atoms with van der Waals surface area (Å²) in [6.07, 6.45) is 1.46. The van der Waals surface area contributed by atoms with Crippen molar-refractivity contribution in [2.45, 2.75) is 4.90 Å². The van der Waals surface area contributed by atoms with Crippen LogP contribution in [0.5, 0.6) is 11.5 Å². The standard InChI is InChI=1S/C21H20N4O6S/c1-30-16-7-5-6-15(12-16)14-22-23-18-11-10-17(13-20(18)25(26)27)32(28,29)24-19-8-3-4-9-21(19)31-2/h3-14,23-24H,1-2H3/b22-14+. The van der Waals surface area contributed by atoms with Gasteiger partial charge >= 0.3 is 0 Å². The number of nitrogens with zero attached hydrogens (tertiary/aromatic N) is 2. The Morgan fingerprint density at radius 1 is 0.969 bits per heavy atom. The summed E-state index contributed by atoms with van der Waals surface area (Å²) < 4.78 is 38.2. The monoisotopic (exact) mass is 456 g/mol. The van der Waals surface area contributed by atoms with Crippen LogP contribution in [0.2, 0.25) is 0 Å². The fourth-order valence-electron chi connectivity index (χ4n) is 2.76. The Bertz CT molecular complexity index is 1260. The molecular weight excluding hydrogens is 436 g/mol. The van der Waals surface area contributed by atoms with Crippen molar-refractivity contribution in [3.8, 4) is 11.5 Å². The summed E-state index contributed by atoms with van der Waals surface area (Å²) >= 11 is 0. The number of nitrogens with one attached hydrogen (secondary N) is 2. The van der Waals surface area contributed by atoms with Crippen LogP contribution in [0.3, 0.4) is 0 Å². The van der Waals surface area contributed by atoms with Gasteiger partial charge in [0.25, 0.3) is 15.7 Å². The average Bonchev–Trinajstić information content (AvgIpc) is 2.79. The van der Waals surface area contributed by atoms with Crippen LogP contribution >= 0.6 is 0 Å². The molecule has 0 unspecified atom stereocenters. The minimum absolute atomic E-state index is 0.0328. The zero-order valence-corrected chi connectivity index (χ0v) is 18.0. The molecule has 3 rings (SSSR count). The molecule has 0 aliphatic rings. The van der Waals surface area contributed by atoms with Crippen molar-refractivity contribution in [3.05, 3.63) is 82.4 Å². The Morgan fingerprint density at radius 2 is 1.75 bits per heavy atom. The topological polar surface area (TPSA) is 132 Å². The SMILES string of the molecule is COc1cccc(/C=N/Nc2ccc(S(=O)(=O)Nc3ccccc3OC)cc2[N+](=O)[O-])c1. The van der Waals surface area contributed by atoms with E-state index in [0.717, 1.165) is 6.07 Å². The highest BCUT2D eigenvalue weighted by atomic mass is 32.2. The molecule has 0 radical (unpaired) electrons. The largest absolute Gasteiger partial charge is 0.497 e. The summed E-state index contributed by atoms with van der Waals surface area (Å²) in [5.41, 5.74) is 3.08. The molecule has 10 nitrogen and oxygen atoms in total. The van der Waals surface area contributed by atoms with E-state index in [0.29, 0.717) is 17.1 Å². The lowest BCUT2D eigenvalue weighted by Gasteiger charge is -2.12. The van der Waals surface area contributed by atoms with Gasteiger partial charge in [-0.25, -0.2) is 8.42 Å². The van der Waals surface area contributed by atoms with E-state index < -0.39 is 20.6 Å². The van der Waals surface area contributed by atoms with Crippen LogP contribution in [0, 0.1) is 10.1 Å². The summed E-state index contributed by atoms with van der Waals surface area (Å²) in [7, 11) is -1.16. The number of rotatable bonds is 9. The van der Waals surface area contributed by atoms with Crippen LogP contribution in [0.4, 0.5) is 17.1 Å². The highest BCUT2D eigenvalue weighted by molar-refractivity contribution is 7.92. The molecule has 166 valence electrons. The molecule has 3 aromatic rings. The second-order valence-electron chi connectivity index (χ2n) is 6.39. The first-order valence-corrected chi connectivity index (χ1v) is 10.7. The number of benzene rings is 3. The summed E-state index contributed by atoms with van der Waals surface area (Å²) in [5, 5.41) is 15.5. The fourth-order valence-corrected chi connectivity index (χ4v) is 3.84. The number of para-hydroxylation sites is 2. The predicted molar refractivity (Wildman–Crippen MR) is 121 cm³/mol. The molecule has 3 aromatic carbocycles. The number of nitro benzene ring substituents is 1. The Morgan fingerprint density at radius 3 is 2.47 bits per heavy atom. The van der Waals surface area contributed by atoms with Crippen LogP contribution < -0.4 is 19.6 Å². The van der Waals surface area contributed by atoms with E-state index in [1.807, 2.05) is 0 Å². The summed E-state index contributed by atoms with van der Waals surface area (Å²) in [6, 6.07) is 17.0. The molecule has 0 aromatic heterocycles. The number of nitro groups is 1. The fraction of sp³-hybridized carbons (Fsp3) is 0.0952. The number of hydrogen-bond donors (Lipinski definition) is 2. The summed E-state index contributed by atoms with van der Waals surface area (Å²) in [4.78, 5) is 10.6. The first-order valence-electron chi connectivity index (χ1n) is 9.21. The maximum atomic E-state index is 12.8. The van der Waals surface area contributed by atoms with E-state index in [1.54, 1.807) is 42.5 Å². The van der Waals surface area contributed by atoms with Gasteiger partial charge in [-0.15, -0.1) is 0 Å². The van der Waals surface area contributed by atoms with Gasteiger partial charge in [0.05, 0.1) is 35.9 Å².